The van der Waals surface area contributed by atoms with Crippen molar-refractivity contribution in [1.82, 2.24) is 15.6 Å². The van der Waals surface area contributed by atoms with Crippen LogP contribution in [0.1, 0.15) is 25.3 Å². The number of nitrogens with one attached hydrogen (secondary N) is 2. The third-order valence-electron chi connectivity index (χ3n) is 2.96. The number of aromatic nitrogens is 1. The van der Waals surface area contributed by atoms with E-state index in [0.29, 0.717) is 12.6 Å². The van der Waals surface area contributed by atoms with Gasteiger partial charge in [-0.1, -0.05) is 6.07 Å². The quantitative estimate of drug-likeness (QED) is 0.460. The number of rotatable bonds is 5. The zero-order valence-corrected chi connectivity index (χ0v) is 14.7. The van der Waals surface area contributed by atoms with Crippen LogP contribution in [0.3, 0.4) is 0 Å². The minimum atomic E-state index is 0. The summed E-state index contributed by atoms with van der Waals surface area (Å²) in [4.78, 5) is 11.0. The number of halogens is 1. The first-order valence-corrected chi connectivity index (χ1v) is 6.86. The van der Waals surface area contributed by atoms with Crippen LogP contribution in [0.25, 0.3) is 0 Å². The lowest BCUT2D eigenvalue weighted by Gasteiger charge is -2.15. The summed E-state index contributed by atoms with van der Waals surface area (Å²) < 4.78 is 0. The molecule has 20 heavy (non-hydrogen) atoms. The van der Waals surface area contributed by atoms with Crippen molar-refractivity contribution in [1.29, 1.82) is 0 Å². The number of hydrogen-bond acceptors (Lipinski definition) is 3. The van der Waals surface area contributed by atoms with Crippen LogP contribution < -0.4 is 15.5 Å². The molecule has 1 saturated carbocycles. The van der Waals surface area contributed by atoms with Crippen LogP contribution in [0.2, 0.25) is 0 Å². The Hall–Kier alpha value is -1.05. The maximum atomic E-state index is 4.63. The summed E-state index contributed by atoms with van der Waals surface area (Å²) in [5, 5.41) is 6.69. The van der Waals surface area contributed by atoms with Gasteiger partial charge in [0.25, 0.3) is 0 Å². The van der Waals surface area contributed by atoms with Gasteiger partial charge in [-0.2, -0.15) is 0 Å². The van der Waals surface area contributed by atoms with Crippen LogP contribution in [0.15, 0.2) is 23.3 Å². The molecule has 0 saturated heterocycles. The number of pyridine rings is 1. The van der Waals surface area contributed by atoms with E-state index in [9.17, 15) is 0 Å². The molecule has 0 spiro atoms. The van der Waals surface area contributed by atoms with E-state index >= 15 is 0 Å². The molecule has 1 heterocycles. The van der Waals surface area contributed by atoms with Gasteiger partial charge in [-0.15, -0.1) is 24.0 Å². The van der Waals surface area contributed by atoms with Crippen molar-refractivity contribution in [3.8, 4) is 0 Å². The Morgan fingerprint density at radius 3 is 2.80 bits per heavy atom. The monoisotopic (exact) mass is 389 g/mol. The fourth-order valence-corrected chi connectivity index (χ4v) is 1.86. The third-order valence-corrected chi connectivity index (χ3v) is 2.96. The highest BCUT2D eigenvalue weighted by Crippen LogP contribution is 2.19. The molecule has 2 rings (SSSR count). The van der Waals surface area contributed by atoms with Crippen molar-refractivity contribution in [3.05, 3.63) is 23.9 Å². The second kappa shape index (κ2) is 8.28. The predicted octanol–water partition coefficient (Wildman–Crippen LogP) is 1.98. The molecule has 1 aromatic heterocycles. The van der Waals surface area contributed by atoms with Gasteiger partial charge in [0.15, 0.2) is 5.96 Å². The number of aliphatic imine (C=N–C) groups is 1. The minimum Gasteiger partial charge on any atom is -0.362 e. The number of anilines is 1. The molecule has 0 aliphatic heterocycles. The topological polar surface area (TPSA) is 52.6 Å². The van der Waals surface area contributed by atoms with Gasteiger partial charge in [0, 0.05) is 38.4 Å². The average molecular weight is 389 g/mol. The van der Waals surface area contributed by atoms with E-state index in [0.717, 1.165) is 23.9 Å². The maximum Gasteiger partial charge on any atom is 0.191 e. The van der Waals surface area contributed by atoms with Crippen molar-refractivity contribution in [3.63, 3.8) is 0 Å². The van der Waals surface area contributed by atoms with Crippen molar-refractivity contribution in [2.75, 3.05) is 25.5 Å². The van der Waals surface area contributed by atoms with Gasteiger partial charge in [0.1, 0.15) is 5.82 Å². The lowest BCUT2D eigenvalue weighted by Crippen LogP contribution is -2.38. The first kappa shape index (κ1) is 17.0. The smallest absolute Gasteiger partial charge is 0.191 e. The molecule has 2 N–H and O–H groups in total. The fraction of sp³-hybridized carbons (Fsp3) is 0.571. The van der Waals surface area contributed by atoms with Crippen LogP contribution in [-0.2, 0) is 6.54 Å². The summed E-state index contributed by atoms with van der Waals surface area (Å²) in [6, 6.07) is 4.64. The zero-order valence-electron chi connectivity index (χ0n) is 12.4. The molecular weight excluding hydrogens is 365 g/mol. The molecule has 0 bridgehead atoms. The van der Waals surface area contributed by atoms with E-state index in [1.807, 2.05) is 31.3 Å². The molecule has 0 atom stereocenters. The standard InChI is InChI=1S/C14H23N5.HI/c1-4-15-14(18-12-7-8-12)17-10-11-6-5-9-16-13(11)19(2)3;/h5-6,9,12H,4,7-8,10H2,1-3H3,(H2,15,17,18);1H. The summed E-state index contributed by atoms with van der Waals surface area (Å²) >= 11 is 0. The molecule has 0 aromatic carbocycles. The second-order valence-electron chi connectivity index (χ2n) is 4.99. The van der Waals surface area contributed by atoms with Gasteiger partial charge in [0.2, 0.25) is 0 Å². The number of nitrogens with zero attached hydrogens (tertiary/aromatic N) is 3. The van der Waals surface area contributed by atoms with Crippen molar-refractivity contribution in [2.24, 2.45) is 4.99 Å². The number of hydrogen-bond donors (Lipinski definition) is 2. The Labute approximate surface area is 138 Å². The second-order valence-corrected chi connectivity index (χ2v) is 4.99. The molecule has 112 valence electrons. The van der Waals surface area contributed by atoms with E-state index in [4.69, 9.17) is 0 Å². The van der Waals surface area contributed by atoms with Gasteiger partial charge in [-0.25, -0.2) is 9.98 Å². The molecule has 6 heteroatoms. The van der Waals surface area contributed by atoms with Gasteiger partial charge in [0.05, 0.1) is 6.54 Å². The van der Waals surface area contributed by atoms with Crippen LogP contribution in [-0.4, -0.2) is 37.6 Å². The van der Waals surface area contributed by atoms with Crippen molar-refractivity contribution in [2.45, 2.75) is 32.4 Å². The molecule has 1 aliphatic carbocycles. The van der Waals surface area contributed by atoms with E-state index < -0.39 is 0 Å². The summed E-state index contributed by atoms with van der Waals surface area (Å²) in [7, 11) is 4.01. The van der Waals surface area contributed by atoms with Crippen LogP contribution in [0.4, 0.5) is 5.82 Å². The van der Waals surface area contributed by atoms with E-state index in [-0.39, 0.29) is 24.0 Å². The van der Waals surface area contributed by atoms with Crippen LogP contribution in [0, 0.1) is 0 Å². The average Bonchev–Trinajstić information content (AvgIpc) is 3.20. The Balaban J connectivity index is 0.00000200. The first-order chi connectivity index (χ1) is 9.20. The van der Waals surface area contributed by atoms with E-state index in [2.05, 4.69) is 33.6 Å². The SMILES string of the molecule is CCNC(=NCc1cccnc1N(C)C)NC1CC1.I. The predicted molar refractivity (Wildman–Crippen MR) is 95.0 cm³/mol. The highest BCUT2D eigenvalue weighted by atomic mass is 127. The molecule has 1 aliphatic rings. The van der Waals surface area contributed by atoms with Gasteiger partial charge in [-0.05, 0) is 25.8 Å². The number of guanidine groups is 1. The molecule has 0 unspecified atom stereocenters. The molecular formula is C14H24IN5. The Morgan fingerprint density at radius 2 is 2.20 bits per heavy atom. The van der Waals surface area contributed by atoms with E-state index in [1.165, 1.54) is 12.8 Å². The van der Waals surface area contributed by atoms with Gasteiger partial charge >= 0.3 is 0 Å². The van der Waals surface area contributed by atoms with Crippen molar-refractivity contribution >= 4 is 35.8 Å². The Kier molecular flexibility index (Phi) is 7.04. The summed E-state index contributed by atoms with van der Waals surface area (Å²) in [5.41, 5.74) is 1.14. The molecule has 0 amide bonds. The van der Waals surface area contributed by atoms with E-state index in [1.54, 1.807) is 0 Å². The molecule has 5 nitrogen and oxygen atoms in total. The lowest BCUT2D eigenvalue weighted by molar-refractivity contribution is 0.811. The zero-order chi connectivity index (χ0) is 13.7. The highest BCUT2D eigenvalue weighted by molar-refractivity contribution is 14.0. The fourth-order valence-electron chi connectivity index (χ4n) is 1.86. The Morgan fingerprint density at radius 1 is 1.45 bits per heavy atom. The maximum absolute atomic E-state index is 4.63. The largest absolute Gasteiger partial charge is 0.362 e. The van der Waals surface area contributed by atoms with Crippen molar-refractivity contribution < 1.29 is 0 Å². The van der Waals surface area contributed by atoms with Gasteiger partial charge in [-0.3, -0.25) is 0 Å². The lowest BCUT2D eigenvalue weighted by atomic mass is 10.2. The first-order valence-electron chi connectivity index (χ1n) is 6.86. The third kappa shape index (κ3) is 5.15. The van der Waals surface area contributed by atoms with Crippen LogP contribution in [0.5, 0.6) is 0 Å². The minimum absolute atomic E-state index is 0. The Bertz CT molecular complexity index is 443. The molecule has 1 fully saturated rings. The summed E-state index contributed by atoms with van der Waals surface area (Å²) in [5.74, 6) is 1.88. The summed E-state index contributed by atoms with van der Waals surface area (Å²) in [6.07, 6.45) is 4.32. The normalized spacial score (nSPS) is 14.4. The van der Waals surface area contributed by atoms with Crippen LogP contribution >= 0.6 is 24.0 Å². The highest BCUT2D eigenvalue weighted by Gasteiger charge is 2.22. The molecule has 1 aromatic rings. The van der Waals surface area contributed by atoms with Gasteiger partial charge < -0.3 is 15.5 Å². The molecule has 0 radical (unpaired) electrons. The summed E-state index contributed by atoms with van der Waals surface area (Å²) in [6.45, 7) is 3.61.